The summed E-state index contributed by atoms with van der Waals surface area (Å²) in [7, 11) is 1.62. The molecule has 0 fully saturated rings. The number of amides is 2. The minimum atomic E-state index is -0.232. The molecule has 0 aliphatic carbocycles. The van der Waals surface area contributed by atoms with E-state index in [-0.39, 0.29) is 11.8 Å². The third-order valence-electron chi connectivity index (χ3n) is 3.56. The van der Waals surface area contributed by atoms with Crippen LogP contribution in [0.15, 0.2) is 48.5 Å². The van der Waals surface area contributed by atoms with Crippen LogP contribution in [0.4, 0.5) is 0 Å². The largest absolute Gasteiger partial charge is 0.385 e. The van der Waals surface area contributed by atoms with Crippen molar-refractivity contribution in [2.75, 3.05) is 20.3 Å². The highest BCUT2D eigenvalue weighted by molar-refractivity contribution is 6.30. The first-order valence-corrected chi connectivity index (χ1v) is 8.38. The number of methoxy groups -OCH3 is 1. The first kappa shape index (κ1) is 19.0. The van der Waals surface area contributed by atoms with E-state index < -0.39 is 0 Å². The van der Waals surface area contributed by atoms with Crippen molar-refractivity contribution >= 4 is 23.4 Å². The molecule has 0 unspecified atom stereocenters. The number of rotatable bonds is 8. The Kier molecular flexibility index (Phi) is 7.44. The number of hydrogen-bond acceptors (Lipinski definition) is 3. The summed E-state index contributed by atoms with van der Waals surface area (Å²) in [5, 5.41) is 6.28. The second-order valence-electron chi connectivity index (χ2n) is 5.49. The van der Waals surface area contributed by atoms with Crippen molar-refractivity contribution in [3.05, 3.63) is 70.2 Å². The van der Waals surface area contributed by atoms with Crippen LogP contribution >= 0.6 is 11.6 Å². The molecule has 0 spiro atoms. The first-order valence-electron chi connectivity index (χ1n) is 8.00. The van der Waals surface area contributed by atoms with Crippen molar-refractivity contribution in [1.29, 1.82) is 0 Å². The van der Waals surface area contributed by atoms with Gasteiger partial charge in [0.05, 0.1) is 0 Å². The normalized spacial score (nSPS) is 10.3. The third-order valence-corrected chi connectivity index (χ3v) is 3.82. The molecule has 2 rings (SSSR count). The van der Waals surface area contributed by atoms with Crippen molar-refractivity contribution in [2.24, 2.45) is 0 Å². The van der Waals surface area contributed by atoms with Crippen molar-refractivity contribution in [3.63, 3.8) is 0 Å². The van der Waals surface area contributed by atoms with E-state index in [0.29, 0.717) is 35.8 Å². The van der Waals surface area contributed by atoms with Crippen LogP contribution in [0.5, 0.6) is 0 Å². The number of carbonyl (C=O) groups excluding carboxylic acids is 2. The Hall–Kier alpha value is -2.37. The number of carbonyl (C=O) groups is 2. The fraction of sp³-hybridized carbons (Fsp3) is 0.263. The van der Waals surface area contributed by atoms with Crippen molar-refractivity contribution in [2.45, 2.75) is 13.0 Å². The number of hydrogen-bond donors (Lipinski definition) is 2. The Labute approximate surface area is 152 Å². The molecule has 5 nitrogen and oxygen atoms in total. The zero-order valence-corrected chi connectivity index (χ0v) is 14.8. The SMILES string of the molecule is COCCCNC(=O)c1cccc(C(=O)NCc2ccc(Cl)cc2)c1. The molecule has 25 heavy (non-hydrogen) atoms. The lowest BCUT2D eigenvalue weighted by molar-refractivity contribution is 0.0948. The Morgan fingerprint density at radius 3 is 2.28 bits per heavy atom. The molecule has 0 aliphatic rings. The summed E-state index contributed by atoms with van der Waals surface area (Å²) in [6.07, 6.45) is 0.740. The predicted molar refractivity (Wildman–Crippen MR) is 97.9 cm³/mol. The Bertz CT molecular complexity index is 717. The molecule has 0 bridgehead atoms. The first-order chi connectivity index (χ1) is 12.1. The molecule has 2 aromatic carbocycles. The quantitative estimate of drug-likeness (QED) is 0.711. The summed E-state index contributed by atoms with van der Waals surface area (Å²) >= 11 is 5.84. The molecule has 6 heteroatoms. The fourth-order valence-electron chi connectivity index (χ4n) is 2.21. The highest BCUT2D eigenvalue weighted by Gasteiger charge is 2.10. The van der Waals surface area contributed by atoms with Gasteiger partial charge in [-0.05, 0) is 42.3 Å². The van der Waals surface area contributed by atoms with Crippen molar-refractivity contribution in [1.82, 2.24) is 10.6 Å². The molecule has 132 valence electrons. The van der Waals surface area contributed by atoms with Gasteiger partial charge in [0.2, 0.25) is 0 Å². The van der Waals surface area contributed by atoms with Crippen LogP contribution in [-0.4, -0.2) is 32.1 Å². The van der Waals surface area contributed by atoms with E-state index in [2.05, 4.69) is 10.6 Å². The van der Waals surface area contributed by atoms with E-state index in [0.717, 1.165) is 12.0 Å². The van der Waals surface area contributed by atoms with Crippen LogP contribution in [0.25, 0.3) is 0 Å². The lowest BCUT2D eigenvalue weighted by Gasteiger charge is -2.08. The van der Waals surface area contributed by atoms with Gasteiger partial charge in [0.1, 0.15) is 0 Å². The summed E-state index contributed by atoms with van der Waals surface area (Å²) in [6.45, 7) is 1.51. The third kappa shape index (κ3) is 6.21. The lowest BCUT2D eigenvalue weighted by Crippen LogP contribution is -2.26. The van der Waals surface area contributed by atoms with Crippen molar-refractivity contribution in [3.8, 4) is 0 Å². The van der Waals surface area contributed by atoms with Crippen LogP contribution in [0, 0.1) is 0 Å². The summed E-state index contributed by atoms with van der Waals surface area (Å²) in [6, 6.07) is 13.9. The molecule has 0 atom stereocenters. The highest BCUT2D eigenvalue weighted by Crippen LogP contribution is 2.10. The molecular formula is C19H21ClN2O3. The van der Waals surface area contributed by atoms with Gasteiger partial charge in [-0.1, -0.05) is 29.8 Å². The van der Waals surface area contributed by atoms with Crippen LogP contribution in [0.2, 0.25) is 5.02 Å². The molecule has 0 heterocycles. The van der Waals surface area contributed by atoms with Gasteiger partial charge in [-0.2, -0.15) is 0 Å². The molecule has 0 saturated heterocycles. The predicted octanol–water partition coefficient (Wildman–Crippen LogP) is 3.04. The molecule has 2 aromatic rings. The van der Waals surface area contributed by atoms with E-state index in [4.69, 9.17) is 16.3 Å². The molecule has 0 aliphatic heterocycles. The zero-order chi connectivity index (χ0) is 18.1. The molecule has 0 saturated carbocycles. The molecule has 0 aromatic heterocycles. The van der Waals surface area contributed by atoms with Gasteiger partial charge in [0.15, 0.2) is 0 Å². The maximum Gasteiger partial charge on any atom is 0.251 e. The number of ether oxygens (including phenoxy) is 1. The summed E-state index contributed by atoms with van der Waals surface area (Å²) in [5.74, 6) is -0.438. The van der Waals surface area contributed by atoms with E-state index in [1.807, 2.05) is 12.1 Å². The van der Waals surface area contributed by atoms with Crippen LogP contribution < -0.4 is 10.6 Å². The molecule has 2 amide bonds. The highest BCUT2D eigenvalue weighted by atomic mass is 35.5. The van der Waals surface area contributed by atoms with E-state index in [9.17, 15) is 9.59 Å². The van der Waals surface area contributed by atoms with Gasteiger partial charge in [-0.25, -0.2) is 0 Å². The average molecular weight is 361 g/mol. The van der Waals surface area contributed by atoms with E-state index >= 15 is 0 Å². The summed E-state index contributed by atoms with van der Waals surface area (Å²) < 4.78 is 4.94. The number of nitrogens with one attached hydrogen (secondary N) is 2. The summed E-state index contributed by atoms with van der Waals surface area (Å²) in [4.78, 5) is 24.4. The Balaban J connectivity index is 1.91. The Morgan fingerprint density at radius 2 is 1.64 bits per heavy atom. The monoisotopic (exact) mass is 360 g/mol. The average Bonchev–Trinajstić information content (AvgIpc) is 2.64. The van der Waals surface area contributed by atoms with Gasteiger partial charge < -0.3 is 15.4 Å². The topological polar surface area (TPSA) is 67.4 Å². The van der Waals surface area contributed by atoms with Gasteiger partial charge in [0, 0.05) is 43.0 Å². The molecule has 0 radical (unpaired) electrons. The fourth-order valence-corrected chi connectivity index (χ4v) is 2.33. The summed E-state index contributed by atoms with van der Waals surface area (Å²) in [5.41, 5.74) is 1.85. The van der Waals surface area contributed by atoms with E-state index in [1.54, 1.807) is 43.5 Å². The Morgan fingerprint density at radius 1 is 1.00 bits per heavy atom. The molecule has 2 N–H and O–H groups in total. The standard InChI is InChI=1S/C19H21ClN2O3/c1-25-11-3-10-21-18(23)15-4-2-5-16(12-15)19(24)22-13-14-6-8-17(20)9-7-14/h2,4-9,12H,3,10-11,13H2,1H3,(H,21,23)(H,22,24). The van der Waals surface area contributed by atoms with Crippen LogP contribution in [-0.2, 0) is 11.3 Å². The second kappa shape index (κ2) is 9.81. The van der Waals surface area contributed by atoms with Gasteiger partial charge in [-0.15, -0.1) is 0 Å². The van der Waals surface area contributed by atoms with Crippen LogP contribution in [0.3, 0.4) is 0 Å². The maximum absolute atomic E-state index is 12.3. The van der Waals surface area contributed by atoms with E-state index in [1.165, 1.54) is 0 Å². The lowest BCUT2D eigenvalue weighted by atomic mass is 10.1. The van der Waals surface area contributed by atoms with Gasteiger partial charge >= 0.3 is 0 Å². The smallest absolute Gasteiger partial charge is 0.251 e. The second-order valence-corrected chi connectivity index (χ2v) is 5.93. The number of benzene rings is 2. The zero-order valence-electron chi connectivity index (χ0n) is 14.0. The minimum absolute atomic E-state index is 0.205. The van der Waals surface area contributed by atoms with Gasteiger partial charge in [0.25, 0.3) is 11.8 Å². The van der Waals surface area contributed by atoms with Crippen molar-refractivity contribution < 1.29 is 14.3 Å². The molecular weight excluding hydrogens is 340 g/mol. The van der Waals surface area contributed by atoms with Gasteiger partial charge in [-0.3, -0.25) is 9.59 Å². The minimum Gasteiger partial charge on any atom is -0.385 e. The van der Waals surface area contributed by atoms with Crippen LogP contribution in [0.1, 0.15) is 32.7 Å². The maximum atomic E-state index is 12.3. The number of halogens is 1.